The second-order valence-electron chi connectivity index (χ2n) is 5.48. The number of hydrogen-bond donors (Lipinski definition) is 1. The second kappa shape index (κ2) is 8.44. The van der Waals surface area contributed by atoms with Crippen LogP contribution in [0.4, 0.5) is 5.69 Å². The number of aryl methyl sites for hydroxylation is 1. The summed E-state index contributed by atoms with van der Waals surface area (Å²) in [5, 5.41) is 5.78. The van der Waals surface area contributed by atoms with Gasteiger partial charge in [-0.1, -0.05) is 0 Å². The van der Waals surface area contributed by atoms with Gasteiger partial charge in [0.1, 0.15) is 11.5 Å². The average molecular weight is 369 g/mol. The number of carbonyl (C=O) groups excluding carboxylic acids is 1. The molecule has 0 atom stereocenters. The lowest BCUT2D eigenvalue weighted by atomic mass is 10.2. The van der Waals surface area contributed by atoms with Crippen molar-refractivity contribution in [2.24, 2.45) is 0 Å². The molecule has 0 aliphatic carbocycles. The van der Waals surface area contributed by atoms with Crippen molar-refractivity contribution in [3.8, 4) is 22.8 Å². The Hall–Kier alpha value is -2.93. The number of hydrogen-bond acceptors (Lipinski definition) is 6. The molecule has 7 heteroatoms. The Labute approximate surface area is 155 Å². The maximum atomic E-state index is 12.3. The summed E-state index contributed by atoms with van der Waals surface area (Å²) >= 11 is 1.55. The number of nitrogens with one attached hydrogen (secondary N) is 1. The van der Waals surface area contributed by atoms with Gasteiger partial charge >= 0.3 is 0 Å². The van der Waals surface area contributed by atoms with Crippen molar-refractivity contribution >= 4 is 22.9 Å². The van der Waals surface area contributed by atoms with Crippen LogP contribution < -0.4 is 14.8 Å². The first-order valence-electron chi connectivity index (χ1n) is 8.06. The highest BCUT2D eigenvalue weighted by molar-refractivity contribution is 7.09. The molecule has 0 aliphatic rings. The summed E-state index contributed by atoms with van der Waals surface area (Å²) in [6.07, 6.45) is 4.39. The maximum Gasteiger partial charge on any atom is 0.224 e. The van der Waals surface area contributed by atoms with Crippen molar-refractivity contribution in [1.82, 2.24) is 9.97 Å². The van der Waals surface area contributed by atoms with Gasteiger partial charge in [0.25, 0.3) is 0 Å². The van der Waals surface area contributed by atoms with E-state index < -0.39 is 0 Å². The number of pyridine rings is 1. The van der Waals surface area contributed by atoms with Gasteiger partial charge in [0.05, 0.1) is 30.6 Å². The summed E-state index contributed by atoms with van der Waals surface area (Å²) in [7, 11) is 3.14. The predicted molar refractivity (Wildman–Crippen MR) is 102 cm³/mol. The molecule has 2 heterocycles. The van der Waals surface area contributed by atoms with Crippen molar-refractivity contribution in [2.45, 2.75) is 12.8 Å². The van der Waals surface area contributed by atoms with Crippen LogP contribution in [0.1, 0.15) is 11.4 Å². The van der Waals surface area contributed by atoms with Gasteiger partial charge in [-0.3, -0.25) is 9.78 Å². The smallest absolute Gasteiger partial charge is 0.224 e. The van der Waals surface area contributed by atoms with Gasteiger partial charge in [0.15, 0.2) is 0 Å². The first-order valence-corrected chi connectivity index (χ1v) is 8.94. The molecule has 0 radical (unpaired) electrons. The van der Waals surface area contributed by atoms with Gasteiger partial charge in [-0.15, -0.1) is 11.3 Å². The first-order chi connectivity index (χ1) is 12.7. The topological polar surface area (TPSA) is 73.3 Å². The maximum absolute atomic E-state index is 12.3. The minimum atomic E-state index is -0.0998. The molecule has 0 aliphatic heterocycles. The highest BCUT2D eigenvalue weighted by Crippen LogP contribution is 2.29. The van der Waals surface area contributed by atoms with Gasteiger partial charge in [-0.2, -0.15) is 0 Å². The fourth-order valence-corrected chi connectivity index (χ4v) is 3.23. The van der Waals surface area contributed by atoms with Crippen LogP contribution in [0.3, 0.4) is 0 Å². The van der Waals surface area contributed by atoms with Crippen LogP contribution in [0, 0.1) is 0 Å². The molecule has 26 heavy (non-hydrogen) atoms. The molecule has 1 N–H and O–H groups in total. The molecule has 0 spiro atoms. The molecule has 3 aromatic rings. The van der Waals surface area contributed by atoms with Crippen molar-refractivity contribution in [2.75, 3.05) is 19.5 Å². The van der Waals surface area contributed by atoms with Gasteiger partial charge in [-0.05, 0) is 24.3 Å². The van der Waals surface area contributed by atoms with Crippen molar-refractivity contribution in [1.29, 1.82) is 0 Å². The lowest BCUT2D eigenvalue weighted by molar-refractivity contribution is -0.116. The highest BCUT2D eigenvalue weighted by Gasteiger charge is 2.11. The summed E-state index contributed by atoms with van der Waals surface area (Å²) in [6.45, 7) is 0. The van der Waals surface area contributed by atoms with E-state index in [0.717, 1.165) is 16.3 Å². The zero-order valence-electron chi connectivity index (χ0n) is 14.6. The molecular formula is C19H19N3O3S. The minimum Gasteiger partial charge on any atom is -0.497 e. The number of ether oxygens (including phenoxy) is 2. The zero-order valence-corrected chi connectivity index (χ0v) is 15.4. The lowest BCUT2D eigenvalue weighted by Gasteiger charge is -2.11. The van der Waals surface area contributed by atoms with Crippen LogP contribution >= 0.6 is 11.3 Å². The van der Waals surface area contributed by atoms with Crippen molar-refractivity contribution in [3.63, 3.8) is 0 Å². The number of rotatable bonds is 7. The Kier molecular flexibility index (Phi) is 5.80. The van der Waals surface area contributed by atoms with Gasteiger partial charge in [0.2, 0.25) is 5.91 Å². The molecular weight excluding hydrogens is 350 g/mol. The number of carbonyl (C=O) groups is 1. The number of nitrogens with zero attached hydrogens (tertiary/aromatic N) is 2. The number of anilines is 1. The molecule has 2 aromatic heterocycles. The molecule has 1 amide bonds. The molecule has 134 valence electrons. The Morgan fingerprint density at radius 3 is 2.69 bits per heavy atom. The number of aromatic nitrogens is 2. The molecule has 0 bridgehead atoms. The lowest BCUT2D eigenvalue weighted by Crippen LogP contribution is -2.13. The third kappa shape index (κ3) is 4.37. The van der Waals surface area contributed by atoms with Gasteiger partial charge in [-0.25, -0.2) is 4.98 Å². The third-order valence-corrected chi connectivity index (χ3v) is 4.68. The Balaban J connectivity index is 1.61. The van der Waals surface area contributed by atoms with E-state index in [2.05, 4.69) is 15.3 Å². The first kappa shape index (κ1) is 17.9. The van der Waals surface area contributed by atoms with E-state index in [1.807, 2.05) is 17.5 Å². The Morgan fingerprint density at radius 1 is 1.15 bits per heavy atom. The highest BCUT2D eigenvalue weighted by atomic mass is 32.1. The monoisotopic (exact) mass is 369 g/mol. The summed E-state index contributed by atoms with van der Waals surface area (Å²) in [5.41, 5.74) is 2.52. The van der Waals surface area contributed by atoms with Crippen LogP contribution in [-0.4, -0.2) is 30.1 Å². The van der Waals surface area contributed by atoms with E-state index in [0.29, 0.717) is 30.0 Å². The fourth-order valence-electron chi connectivity index (χ4n) is 2.43. The number of methoxy groups -OCH3 is 2. The van der Waals surface area contributed by atoms with E-state index in [1.54, 1.807) is 56.1 Å². The average Bonchev–Trinajstić information content (AvgIpc) is 3.16. The normalized spacial score (nSPS) is 10.4. The molecule has 0 fully saturated rings. The molecule has 3 rings (SSSR count). The van der Waals surface area contributed by atoms with E-state index >= 15 is 0 Å². The fraction of sp³-hybridized carbons (Fsp3) is 0.211. The van der Waals surface area contributed by atoms with Crippen LogP contribution in [0.2, 0.25) is 0 Å². The van der Waals surface area contributed by atoms with E-state index in [1.165, 1.54) is 0 Å². The van der Waals surface area contributed by atoms with E-state index in [-0.39, 0.29) is 5.91 Å². The zero-order chi connectivity index (χ0) is 18.4. The van der Waals surface area contributed by atoms with Gasteiger partial charge < -0.3 is 14.8 Å². The third-order valence-electron chi connectivity index (χ3n) is 3.77. The molecule has 0 saturated carbocycles. The van der Waals surface area contributed by atoms with Crippen molar-refractivity contribution < 1.29 is 14.3 Å². The Bertz CT molecular complexity index is 881. The van der Waals surface area contributed by atoms with Crippen LogP contribution in [0.25, 0.3) is 11.3 Å². The molecule has 1 aromatic carbocycles. The van der Waals surface area contributed by atoms with Crippen LogP contribution in [0.15, 0.2) is 48.1 Å². The number of thiazole rings is 1. The predicted octanol–water partition coefficient (Wildman–Crippen LogP) is 3.79. The van der Waals surface area contributed by atoms with E-state index in [4.69, 9.17) is 9.47 Å². The number of amides is 1. The number of benzene rings is 1. The largest absolute Gasteiger partial charge is 0.497 e. The summed E-state index contributed by atoms with van der Waals surface area (Å²) < 4.78 is 10.5. The van der Waals surface area contributed by atoms with Crippen LogP contribution in [-0.2, 0) is 11.2 Å². The molecule has 0 unspecified atom stereocenters. The van der Waals surface area contributed by atoms with E-state index in [9.17, 15) is 4.79 Å². The second-order valence-corrected chi connectivity index (χ2v) is 6.42. The quantitative estimate of drug-likeness (QED) is 0.686. The summed E-state index contributed by atoms with van der Waals surface area (Å²) in [6, 6.07) is 9.11. The Morgan fingerprint density at radius 2 is 1.96 bits per heavy atom. The molecule has 0 saturated heterocycles. The summed E-state index contributed by atoms with van der Waals surface area (Å²) in [4.78, 5) is 20.9. The molecule has 6 nitrogen and oxygen atoms in total. The van der Waals surface area contributed by atoms with Gasteiger partial charge in [0, 0.05) is 42.2 Å². The summed E-state index contributed by atoms with van der Waals surface area (Å²) in [5.74, 6) is 1.15. The minimum absolute atomic E-state index is 0.0998. The standard InChI is InChI=1S/C19H19N3O3S/c1-24-14-3-4-17(25-2)15(11-14)21-18(23)5-6-19-22-16(12-26-19)13-7-9-20-10-8-13/h3-4,7-12H,5-6H2,1-2H3,(H,21,23). The van der Waals surface area contributed by atoms with Crippen LogP contribution in [0.5, 0.6) is 11.5 Å². The van der Waals surface area contributed by atoms with Crippen molar-refractivity contribution in [3.05, 3.63) is 53.1 Å². The SMILES string of the molecule is COc1ccc(OC)c(NC(=O)CCc2nc(-c3ccncc3)cs2)c1.